The van der Waals surface area contributed by atoms with Gasteiger partial charge in [0.2, 0.25) is 5.91 Å². The second kappa shape index (κ2) is 13.6. The molecule has 0 aromatic heterocycles. The summed E-state index contributed by atoms with van der Waals surface area (Å²) in [5, 5.41) is 13.2. The van der Waals surface area contributed by atoms with E-state index in [0.717, 1.165) is 37.7 Å². The third-order valence-corrected chi connectivity index (χ3v) is 7.41. The number of aryl methyl sites for hydroxylation is 1. The van der Waals surface area contributed by atoms with Crippen molar-refractivity contribution >= 4 is 17.8 Å². The third-order valence-electron chi connectivity index (χ3n) is 7.41. The number of nitrogens with one attached hydrogen (secondary N) is 1. The molecule has 194 valence electrons. The molecule has 8 heteroatoms. The van der Waals surface area contributed by atoms with E-state index in [0.29, 0.717) is 38.6 Å². The van der Waals surface area contributed by atoms with Crippen LogP contribution in [0.4, 0.5) is 0 Å². The maximum Gasteiger partial charge on any atom is 0.326 e. The van der Waals surface area contributed by atoms with Gasteiger partial charge in [-0.3, -0.25) is 14.9 Å². The van der Waals surface area contributed by atoms with Crippen LogP contribution in [0.25, 0.3) is 0 Å². The number of nitrogens with zero attached hydrogens (tertiary/aromatic N) is 1. The molecular formula is C27H41N3O5. The predicted octanol–water partition coefficient (Wildman–Crippen LogP) is 2.88. The Balaban J connectivity index is 1.80. The molecule has 4 N–H and O–H groups in total. The highest BCUT2D eigenvalue weighted by Gasteiger charge is 2.49. The van der Waals surface area contributed by atoms with Crippen molar-refractivity contribution < 1.29 is 24.2 Å². The van der Waals surface area contributed by atoms with Crippen molar-refractivity contribution in [2.24, 2.45) is 11.7 Å². The number of unbranched alkanes of at least 4 members (excludes halogenated alkanes) is 1. The Morgan fingerprint density at radius 1 is 1.11 bits per heavy atom. The highest BCUT2D eigenvalue weighted by molar-refractivity contribution is 5.88. The zero-order valence-electron chi connectivity index (χ0n) is 20.9. The van der Waals surface area contributed by atoms with Gasteiger partial charge in [-0.25, -0.2) is 4.79 Å². The fraction of sp³-hybridized carbons (Fsp3) is 0.667. The third kappa shape index (κ3) is 7.27. The fourth-order valence-electron chi connectivity index (χ4n) is 5.66. The van der Waals surface area contributed by atoms with Gasteiger partial charge in [-0.2, -0.15) is 0 Å². The maximum absolute atomic E-state index is 13.9. The minimum absolute atomic E-state index is 0.0403. The Labute approximate surface area is 208 Å². The number of likely N-dealkylation sites (tertiary alicyclic amines) is 1. The van der Waals surface area contributed by atoms with Crippen molar-refractivity contribution in [3.63, 3.8) is 0 Å². The molecule has 0 radical (unpaired) electrons. The molecule has 1 aromatic carbocycles. The van der Waals surface area contributed by atoms with E-state index in [-0.39, 0.29) is 30.4 Å². The highest BCUT2D eigenvalue weighted by Crippen LogP contribution is 2.40. The van der Waals surface area contributed by atoms with E-state index in [1.807, 2.05) is 30.3 Å². The zero-order valence-corrected chi connectivity index (χ0v) is 20.9. The van der Waals surface area contributed by atoms with E-state index in [9.17, 15) is 19.5 Å². The molecule has 1 aliphatic heterocycles. The van der Waals surface area contributed by atoms with Crippen molar-refractivity contribution in [3.8, 4) is 0 Å². The number of esters is 1. The SMILES string of the molecule is CCOC(=O)C(CCc1ccccc1)N[C@@H](CCCCN)C(=O)N1[C@H](C(=O)O)C[C@@H]2CCCC[C@@H]21. The van der Waals surface area contributed by atoms with E-state index < -0.39 is 24.1 Å². The minimum Gasteiger partial charge on any atom is -0.480 e. The summed E-state index contributed by atoms with van der Waals surface area (Å²) in [7, 11) is 0. The molecule has 1 saturated carbocycles. The molecule has 0 bridgehead atoms. The molecule has 2 fully saturated rings. The predicted molar refractivity (Wildman–Crippen MR) is 134 cm³/mol. The first kappa shape index (κ1) is 27.1. The molecular weight excluding hydrogens is 446 g/mol. The normalized spacial score (nSPS) is 23.4. The lowest BCUT2D eigenvalue weighted by molar-refractivity contribution is -0.152. The smallest absolute Gasteiger partial charge is 0.326 e. The van der Waals surface area contributed by atoms with E-state index in [1.54, 1.807) is 11.8 Å². The molecule has 8 nitrogen and oxygen atoms in total. The number of amides is 1. The van der Waals surface area contributed by atoms with Crippen LogP contribution in [0.5, 0.6) is 0 Å². The van der Waals surface area contributed by atoms with Gasteiger partial charge in [-0.1, -0.05) is 49.6 Å². The van der Waals surface area contributed by atoms with Gasteiger partial charge in [0, 0.05) is 6.04 Å². The highest BCUT2D eigenvalue weighted by atomic mass is 16.5. The lowest BCUT2D eigenvalue weighted by Crippen LogP contribution is -2.56. The number of carbonyl (C=O) groups is 3. The largest absolute Gasteiger partial charge is 0.480 e. The van der Waals surface area contributed by atoms with Crippen LogP contribution in [0.15, 0.2) is 30.3 Å². The first-order valence-corrected chi connectivity index (χ1v) is 13.2. The number of rotatable bonds is 13. The topological polar surface area (TPSA) is 122 Å². The van der Waals surface area contributed by atoms with E-state index >= 15 is 0 Å². The Morgan fingerprint density at radius 3 is 2.54 bits per heavy atom. The van der Waals surface area contributed by atoms with Crippen LogP contribution in [0.1, 0.15) is 70.3 Å². The first-order chi connectivity index (χ1) is 17.0. The maximum atomic E-state index is 13.9. The zero-order chi connectivity index (χ0) is 25.2. The molecule has 1 amide bonds. The molecule has 1 saturated heterocycles. The number of carboxylic acid groups (broad SMARTS) is 1. The van der Waals surface area contributed by atoms with Crippen molar-refractivity contribution in [1.29, 1.82) is 0 Å². The minimum atomic E-state index is -0.945. The molecule has 5 atom stereocenters. The van der Waals surface area contributed by atoms with Gasteiger partial charge in [-0.15, -0.1) is 0 Å². The number of benzene rings is 1. The Bertz CT molecular complexity index is 833. The van der Waals surface area contributed by atoms with Crippen LogP contribution in [-0.2, 0) is 25.5 Å². The van der Waals surface area contributed by atoms with Crippen LogP contribution in [0.3, 0.4) is 0 Å². The molecule has 1 aliphatic carbocycles. The Kier molecular flexibility index (Phi) is 10.5. The van der Waals surface area contributed by atoms with Gasteiger partial charge >= 0.3 is 11.9 Å². The number of aliphatic carboxylic acids is 1. The molecule has 1 heterocycles. The molecule has 35 heavy (non-hydrogen) atoms. The summed E-state index contributed by atoms with van der Waals surface area (Å²) < 4.78 is 5.33. The number of hydrogen-bond donors (Lipinski definition) is 3. The molecule has 1 aromatic rings. The van der Waals surface area contributed by atoms with E-state index in [2.05, 4.69) is 5.32 Å². The summed E-state index contributed by atoms with van der Waals surface area (Å²) in [6.07, 6.45) is 7.52. The summed E-state index contributed by atoms with van der Waals surface area (Å²) >= 11 is 0. The van der Waals surface area contributed by atoms with Crippen molar-refractivity contribution in [3.05, 3.63) is 35.9 Å². The van der Waals surface area contributed by atoms with Gasteiger partial charge < -0.3 is 20.5 Å². The average molecular weight is 488 g/mol. The van der Waals surface area contributed by atoms with E-state index in [1.165, 1.54) is 0 Å². The second-order valence-electron chi connectivity index (χ2n) is 9.78. The molecule has 0 spiro atoms. The Hall–Kier alpha value is -2.45. The van der Waals surface area contributed by atoms with Crippen LogP contribution in [0, 0.1) is 5.92 Å². The van der Waals surface area contributed by atoms with Crippen LogP contribution >= 0.6 is 0 Å². The monoisotopic (exact) mass is 487 g/mol. The quantitative estimate of drug-likeness (QED) is 0.289. The van der Waals surface area contributed by atoms with Crippen LogP contribution in [0.2, 0.25) is 0 Å². The van der Waals surface area contributed by atoms with Crippen LogP contribution in [-0.4, -0.2) is 65.2 Å². The van der Waals surface area contributed by atoms with Gasteiger partial charge in [0.25, 0.3) is 0 Å². The van der Waals surface area contributed by atoms with Gasteiger partial charge in [0.05, 0.1) is 12.6 Å². The summed E-state index contributed by atoms with van der Waals surface area (Å²) in [5.41, 5.74) is 6.80. The summed E-state index contributed by atoms with van der Waals surface area (Å²) in [5.74, 6) is -1.30. The standard InChI is InChI=1S/C27H41N3O5/c1-2-35-27(34)22(16-15-19-10-4-3-5-11-19)29-21(13-8-9-17-28)25(31)30-23-14-7-6-12-20(23)18-24(30)26(32)33/h3-5,10-11,20-24,29H,2,6-9,12-18,28H2,1H3,(H,32,33)/t20-,21-,22?,23-,24-/m0/s1. The number of carbonyl (C=O) groups excluding carboxylic acids is 2. The summed E-state index contributed by atoms with van der Waals surface area (Å²) in [6, 6.07) is 7.73. The summed E-state index contributed by atoms with van der Waals surface area (Å²) in [6.45, 7) is 2.54. The van der Waals surface area contributed by atoms with Crippen molar-refractivity contribution in [2.45, 2.75) is 95.3 Å². The van der Waals surface area contributed by atoms with Gasteiger partial charge in [-0.05, 0) is 69.9 Å². The van der Waals surface area contributed by atoms with E-state index in [4.69, 9.17) is 10.5 Å². The van der Waals surface area contributed by atoms with Crippen molar-refractivity contribution in [1.82, 2.24) is 10.2 Å². The molecule has 2 aliphatic rings. The second-order valence-corrected chi connectivity index (χ2v) is 9.78. The van der Waals surface area contributed by atoms with Crippen molar-refractivity contribution in [2.75, 3.05) is 13.2 Å². The Morgan fingerprint density at radius 2 is 1.86 bits per heavy atom. The summed E-state index contributed by atoms with van der Waals surface area (Å²) in [4.78, 5) is 40.5. The number of hydrogen-bond acceptors (Lipinski definition) is 6. The van der Waals surface area contributed by atoms with Crippen LogP contribution < -0.4 is 11.1 Å². The van der Waals surface area contributed by atoms with Gasteiger partial charge in [0.15, 0.2) is 0 Å². The lowest BCUT2D eigenvalue weighted by Gasteiger charge is -2.36. The van der Waals surface area contributed by atoms with Gasteiger partial charge in [0.1, 0.15) is 12.1 Å². The first-order valence-electron chi connectivity index (χ1n) is 13.2. The number of carboxylic acids is 1. The number of fused-ring (bicyclic) bond motifs is 1. The lowest BCUT2D eigenvalue weighted by atomic mass is 9.84. The average Bonchev–Trinajstić information content (AvgIpc) is 3.26. The number of ether oxygens (including phenoxy) is 1. The fourth-order valence-corrected chi connectivity index (χ4v) is 5.66. The number of nitrogens with two attached hydrogens (primary N) is 1. The molecule has 3 rings (SSSR count). The molecule has 1 unspecified atom stereocenters.